The van der Waals surface area contributed by atoms with Gasteiger partial charge in [0.15, 0.2) is 9.84 Å². The van der Waals surface area contributed by atoms with Crippen LogP contribution in [-0.4, -0.2) is 68.4 Å². The molecule has 0 amide bonds. The van der Waals surface area contributed by atoms with Crippen LogP contribution in [0.1, 0.15) is 39.5 Å². The van der Waals surface area contributed by atoms with Crippen molar-refractivity contribution < 1.29 is 17.9 Å². The van der Waals surface area contributed by atoms with E-state index in [4.69, 9.17) is 9.47 Å². The molecule has 0 aromatic rings. The van der Waals surface area contributed by atoms with Crippen molar-refractivity contribution in [3.63, 3.8) is 0 Å². The van der Waals surface area contributed by atoms with Gasteiger partial charge in [-0.3, -0.25) is 4.90 Å². The van der Waals surface area contributed by atoms with E-state index in [1.807, 2.05) is 0 Å². The standard InChI is InChI=1S/C15H27NO4S/c1-14(2)10-16(11-15(20-14)6-4-5-7-15)12-8-21(17,18)9-13(12)19-3/h12-13H,4-11H2,1-3H3/t12-,13+/m0/s1. The van der Waals surface area contributed by atoms with Crippen LogP contribution in [0.5, 0.6) is 0 Å². The number of hydrogen-bond donors (Lipinski definition) is 0. The van der Waals surface area contributed by atoms with Crippen LogP contribution in [0.15, 0.2) is 0 Å². The minimum Gasteiger partial charge on any atom is -0.379 e. The Hall–Kier alpha value is -0.170. The molecule has 1 aliphatic carbocycles. The lowest BCUT2D eigenvalue weighted by molar-refractivity contribution is -0.203. The van der Waals surface area contributed by atoms with Crippen LogP contribution >= 0.6 is 0 Å². The van der Waals surface area contributed by atoms with E-state index in [2.05, 4.69) is 18.7 Å². The van der Waals surface area contributed by atoms with Crippen molar-refractivity contribution in [2.45, 2.75) is 62.9 Å². The largest absolute Gasteiger partial charge is 0.379 e. The summed E-state index contributed by atoms with van der Waals surface area (Å²) in [5, 5.41) is 0. The number of hydrogen-bond acceptors (Lipinski definition) is 5. The summed E-state index contributed by atoms with van der Waals surface area (Å²) in [6, 6.07) is -0.0272. The zero-order chi connectivity index (χ0) is 15.3. The molecule has 2 saturated heterocycles. The first-order chi connectivity index (χ1) is 9.74. The van der Waals surface area contributed by atoms with Crippen LogP contribution in [0, 0.1) is 0 Å². The minimum absolute atomic E-state index is 0.0272. The normalized spacial score (nSPS) is 38.0. The van der Waals surface area contributed by atoms with Crippen LogP contribution in [0.3, 0.4) is 0 Å². The topological polar surface area (TPSA) is 55.8 Å². The zero-order valence-electron chi connectivity index (χ0n) is 13.3. The molecule has 21 heavy (non-hydrogen) atoms. The van der Waals surface area contributed by atoms with Gasteiger partial charge < -0.3 is 9.47 Å². The van der Waals surface area contributed by atoms with Crippen LogP contribution in [0.2, 0.25) is 0 Å². The Morgan fingerprint density at radius 2 is 1.81 bits per heavy atom. The van der Waals surface area contributed by atoms with E-state index in [0.29, 0.717) is 0 Å². The van der Waals surface area contributed by atoms with Crippen LogP contribution < -0.4 is 0 Å². The first kappa shape index (κ1) is 15.7. The predicted octanol–water partition coefficient (Wildman–Crippen LogP) is 1.22. The van der Waals surface area contributed by atoms with Gasteiger partial charge in [0, 0.05) is 20.2 Å². The first-order valence-corrected chi connectivity index (χ1v) is 9.74. The van der Waals surface area contributed by atoms with E-state index in [0.717, 1.165) is 25.9 Å². The third-order valence-corrected chi connectivity index (χ3v) is 6.81. The van der Waals surface area contributed by atoms with Gasteiger partial charge in [-0.15, -0.1) is 0 Å². The molecular formula is C15H27NO4S. The molecule has 1 spiro atoms. The van der Waals surface area contributed by atoms with Gasteiger partial charge in [0.05, 0.1) is 34.9 Å². The van der Waals surface area contributed by atoms with Crippen LogP contribution in [0.25, 0.3) is 0 Å². The molecule has 6 heteroatoms. The number of sulfone groups is 1. The van der Waals surface area contributed by atoms with E-state index < -0.39 is 9.84 Å². The maximum Gasteiger partial charge on any atom is 0.154 e. The molecule has 0 bridgehead atoms. The van der Waals surface area contributed by atoms with E-state index in [1.165, 1.54) is 12.8 Å². The number of nitrogens with zero attached hydrogens (tertiary/aromatic N) is 1. The van der Waals surface area contributed by atoms with E-state index in [1.54, 1.807) is 7.11 Å². The second kappa shape index (κ2) is 5.18. The quantitative estimate of drug-likeness (QED) is 0.766. The molecular weight excluding hydrogens is 290 g/mol. The highest BCUT2D eigenvalue weighted by molar-refractivity contribution is 7.91. The Balaban J connectivity index is 1.83. The maximum absolute atomic E-state index is 12.0. The van der Waals surface area contributed by atoms with Gasteiger partial charge in [-0.05, 0) is 26.7 Å². The fourth-order valence-corrected chi connectivity index (χ4v) is 6.38. The molecule has 2 heterocycles. The summed E-state index contributed by atoms with van der Waals surface area (Å²) in [4.78, 5) is 2.33. The van der Waals surface area contributed by atoms with Crippen molar-refractivity contribution in [2.75, 3.05) is 31.7 Å². The van der Waals surface area contributed by atoms with E-state index in [-0.39, 0.29) is 34.9 Å². The van der Waals surface area contributed by atoms with Crippen LogP contribution in [0.4, 0.5) is 0 Å². The second-order valence-electron chi connectivity index (χ2n) is 7.58. The van der Waals surface area contributed by atoms with Crippen molar-refractivity contribution in [1.29, 1.82) is 0 Å². The van der Waals surface area contributed by atoms with Crippen molar-refractivity contribution >= 4 is 9.84 Å². The Labute approximate surface area is 127 Å². The van der Waals surface area contributed by atoms with Gasteiger partial charge >= 0.3 is 0 Å². The van der Waals surface area contributed by atoms with Gasteiger partial charge in [-0.25, -0.2) is 8.42 Å². The molecule has 3 aliphatic rings. The summed E-state index contributed by atoms with van der Waals surface area (Å²) in [5.74, 6) is 0.372. The monoisotopic (exact) mass is 317 g/mol. The molecule has 1 saturated carbocycles. The molecule has 0 aromatic carbocycles. The van der Waals surface area contributed by atoms with Gasteiger partial charge in [-0.1, -0.05) is 12.8 Å². The van der Waals surface area contributed by atoms with Gasteiger partial charge in [0.25, 0.3) is 0 Å². The number of methoxy groups -OCH3 is 1. The maximum atomic E-state index is 12.0. The van der Waals surface area contributed by atoms with E-state index in [9.17, 15) is 8.42 Å². The third-order valence-electron chi connectivity index (χ3n) is 5.13. The Bertz CT molecular complexity index is 496. The average molecular weight is 317 g/mol. The molecule has 0 radical (unpaired) electrons. The molecule has 5 nitrogen and oxygen atoms in total. The fraction of sp³-hybridized carbons (Fsp3) is 1.00. The molecule has 2 aliphatic heterocycles. The van der Waals surface area contributed by atoms with Crippen molar-refractivity contribution in [1.82, 2.24) is 4.90 Å². The summed E-state index contributed by atoms with van der Waals surface area (Å²) < 4.78 is 35.8. The lowest BCUT2D eigenvalue weighted by Crippen LogP contribution is -2.62. The SMILES string of the molecule is CO[C@@H]1CS(=O)(=O)C[C@@H]1N1CC(C)(C)OC2(CCCC2)C1. The van der Waals surface area contributed by atoms with Crippen molar-refractivity contribution in [2.24, 2.45) is 0 Å². The van der Waals surface area contributed by atoms with Gasteiger partial charge in [0.2, 0.25) is 0 Å². The Morgan fingerprint density at radius 1 is 1.14 bits per heavy atom. The number of ether oxygens (including phenoxy) is 2. The lowest BCUT2D eigenvalue weighted by Gasteiger charge is -2.51. The average Bonchev–Trinajstić information content (AvgIpc) is 2.91. The van der Waals surface area contributed by atoms with E-state index >= 15 is 0 Å². The van der Waals surface area contributed by atoms with Crippen LogP contribution in [-0.2, 0) is 19.3 Å². The molecule has 0 unspecified atom stereocenters. The summed E-state index contributed by atoms with van der Waals surface area (Å²) in [7, 11) is -1.37. The summed E-state index contributed by atoms with van der Waals surface area (Å²) in [6.45, 7) is 5.85. The lowest BCUT2D eigenvalue weighted by atomic mass is 9.92. The molecule has 3 fully saturated rings. The fourth-order valence-electron chi connectivity index (χ4n) is 4.44. The first-order valence-electron chi connectivity index (χ1n) is 7.92. The smallest absolute Gasteiger partial charge is 0.154 e. The van der Waals surface area contributed by atoms with Gasteiger partial charge in [-0.2, -0.15) is 0 Å². The van der Waals surface area contributed by atoms with Gasteiger partial charge in [0.1, 0.15) is 0 Å². The predicted molar refractivity (Wildman–Crippen MR) is 81.2 cm³/mol. The highest BCUT2D eigenvalue weighted by atomic mass is 32.2. The summed E-state index contributed by atoms with van der Waals surface area (Å²) in [5.41, 5.74) is -0.306. The Kier molecular flexibility index (Phi) is 3.88. The zero-order valence-corrected chi connectivity index (χ0v) is 14.1. The van der Waals surface area contributed by atoms with Crippen molar-refractivity contribution in [3.8, 4) is 0 Å². The third kappa shape index (κ3) is 3.14. The molecule has 122 valence electrons. The highest BCUT2D eigenvalue weighted by Gasteiger charge is 2.51. The summed E-state index contributed by atoms with van der Waals surface area (Å²) in [6.07, 6.45) is 4.39. The summed E-state index contributed by atoms with van der Waals surface area (Å²) >= 11 is 0. The number of morpholine rings is 1. The number of rotatable bonds is 2. The molecule has 2 atom stereocenters. The molecule has 0 N–H and O–H groups in total. The molecule has 3 rings (SSSR count). The minimum atomic E-state index is -2.99. The highest BCUT2D eigenvalue weighted by Crippen LogP contribution is 2.42. The second-order valence-corrected chi connectivity index (χ2v) is 9.73. The molecule has 0 aromatic heterocycles. The van der Waals surface area contributed by atoms with Crippen molar-refractivity contribution in [3.05, 3.63) is 0 Å². The Morgan fingerprint density at radius 3 is 2.43 bits per heavy atom.